The second kappa shape index (κ2) is 8.66. The molecular formula is C24H24F3N5O2. The van der Waals surface area contributed by atoms with Crippen LogP contribution in [0.4, 0.5) is 13.2 Å². The maximum absolute atomic E-state index is 13.5. The molecule has 178 valence electrons. The van der Waals surface area contributed by atoms with Crippen molar-refractivity contribution in [2.75, 3.05) is 13.1 Å². The van der Waals surface area contributed by atoms with E-state index in [9.17, 15) is 22.8 Å². The van der Waals surface area contributed by atoms with Crippen LogP contribution in [-0.4, -0.2) is 50.2 Å². The summed E-state index contributed by atoms with van der Waals surface area (Å²) < 4.78 is 42.9. The van der Waals surface area contributed by atoms with Crippen LogP contribution in [0.2, 0.25) is 0 Å². The number of benzene rings is 1. The highest BCUT2D eigenvalue weighted by Crippen LogP contribution is 2.31. The van der Waals surface area contributed by atoms with E-state index in [1.54, 1.807) is 34.0 Å². The summed E-state index contributed by atoms with van der Waals surface area (Å²) in [6, 6.07) is 8.61. The van der Waals surface area contributed by atoms with Crippen molar-refractivity contribution < 1.29 is 22.8 Å². The number of piperidine rings is 1. The Hall–Kier alpha value is -3.56. The Kier molecular flexibility index (Phi) is 5.66. The lowest BCUT2D eigenvalue weighted by molar-refractivity contribution is -0.137. The molecule has 10 heteroatoms. The van der Waals surface area contributed by atoms with E-state index in [1.165, 1.54) is 23.0 Å². The molecule has 3 heterocycles. The quantitative estimate of drug-likeness (QED) is 0.615. The number of aromatic nitrogens is 3. The molecule has 1 atom stereocenters. The number of carbonyl (C=O) groups excluding carboxylic acids is 2. The molecule has 34 heavy (non-hydrogen) atoms. The molecule has 1 saturated carbocycles. The fraction of sp³-hybridized carbons (Fsp3) is 0.375. The average molecular weight is 471 g/mol. The molecule has 1 N–H and O–H groups in total. The summed E-state index contributed by atoms with van der Waals surface area (Å²) >= 11 is 0. The van der Waals surface area contributed by atoms with Crippen LogP contribution in [0.15, 0.2) is 55.0 Å². The summed E-state index contributed by atoms with van der Waals surface area (Å²) in [5.74, 6) is -0.248. The molecule has 7 nitrogen and oxygen atoms in total. The van der Waals surface area contributed by atoms with Crippen LogP contribution >= 0.6 is 0 Å². The molecule has 2 aromatic heterocycles. The van der Waals surface area contributed by atoms with Crippen LogP contribution in [0.3, 0.4) is 0 Å². The summed E-state index contributed by atoms with van der Waals surface area (Å²) in [6.45, 7) is 0.809. The molecule has 1 saturated heterocycles. The Balaban J connectivity index is 1.47. The Bertz CT molecular complexity index is 1200. The van der Waals surface area contributed by atoms with Crippen molar-refractivity contribution in [1.82, 2.24) is 24.6 Å². The number of rotatable bonds is 5. The molecule has 3 aromatic rings. The van der Waals surface area contributed by atoms with E-state index in [2.05, 4.69) is 10.4 Å². The van der Waals surface area contributed by atoms with E-state index in [4.69, 9.17) is 0 Å². The van der Waals surface area contributed by atoms with Gasteiger partial charge >= 0.3 is 6.18 Å². The first-order valence-electron chi connectivity index (χ1n) is 11.3. The number of amides is 2. The molecule has 2 fully saturated rings. The van der Waals surface area contributed by atoms with Gasteiger partial charge in [0, 0.05) is 31.5 Å². The van der Waals surface area contributed by atoms with Crippen LogP contribution in [0.25, 0.3) is 11.5 Å². The monoisotopic (exact) mass is 471 g/mol. The van der Waals surface area contributed by atoms with Gasteiger partial charge in [-0.05, 0) is 56.0 Å². The summed E-state index contributed by atoms with van der Waals surface area (Å²) in [4.78, 5) is 27.7. The van der Waals surface area contributed by atoms with E-state index >= 15 is 0 Å². The van der Waals surface area contributed by atoms with Crippen LogP contribution in [-0.2, 0) is 11.0 Å². The van der Waals surface area contributed by atoms with E-state index in [1.807, 2.05) is 0 Å². The fourth-order valence-corrected chi connectivity index (χ4v) is 4.31. The molecule has 2 amide bonds. The third-order valence-corrected chi connectivity index (χ3v) is 6.24. The maximum Gasteiger partial charge on any atom is 0.416 e. The predicted octanol–water partition coefficient (Wildman–Crippen LogP) is 3.81. The molecule has 1 aromatic carbocycles. The molecular weight excluding hydrogens is 447 g/mol. The van der Waals surface area contributed by atoms with Gasteiger partial charge in [-0.25, -0.2) is 4.68 Å². The molecule has 1 aliphatic heterocycles. The number of halogens is 3. The first-order chi connectivity index (χ1) is 16.3. The van der Waals surface area contributed by atoms with Crippen molar-refractivity contribution in [2.24, 2.45) is 5.92 Å². The zero-order valence-corrected chi connectivity index (χ0v) is 18.3. The highest BCUT2D eigenvalue weighted by atomic mass is 19.4. The number of alkyl halides is 3. The van der Waals surface area contributed by atoms with Crippen LogP contribution in [0, 0.1) is 5.92 Å². The minimum absolute atomic E-state index is 0.0229. The minimum Gasteiger partial charge on any atom is -0.353 e. The normalized spacial score (nSPS) is 18.7. The molecule has 1 aliphatic carbocycles. The fourth-order valence-electron chi connectivity index (χ4n) is 4.31. The topological polar surface area (TPSA) is 72.2 Å². The highest BCUT2D eigenvalue weighted by molar-refractivity contribution is 5.97. The zero-order valence-electron chi connectivity index (χ0n) is 18.3. The van der Waals surface area contributed by atoms with Gasteiger partial charge in [0.25, 0.3) is 5.91 Å². The number of hydrogen-bond donors (Lipinski definition) is 1. The van der Waals surface area contributed by atoms with E-state index in [0.717, 1.165) is 31.4 Å². The number of nitrogens with zero attached hydrogens (tertiary/aromatic N) is 4. The van der Waals surface area contributed by atoms with Crippen molar-refractivity contribution in [1.29, 1.82) is 0 Å². The largest absolute Gasteiger partial charge is 0.416 e. The van der Waals surface area contributed by atoms with Gasteiger partial charge in [0.15, 0.2) is 5.82 Å². The third-order valence-electron chi connectivity index (χ3n) is 6.24. The maximum atomic E-state index is 13.5. The van der Waals surface area contributed by atoms with Crippen LogP contribution in [0.1, 0.15) is 41.6 Å². The SMILES string of the molecule is O=C(NC1CC1)C1CCCN(C(=O)c2cnn(-c3cccc(C(F)(F)F)c3)c2-n2cccc2)C1. The second-order valence-corrected chi connectivity index (χ2v) is 8.81. The van der Waals surface area contributed by atoms with Gasteiger partial charge in [0.2, 0.25) is 5.91 Å². The summed E-state index contributed by atoms with van der Waals surface area (Å²) in [7, 11) is 0. The van der Waals surface area contributed by atoms with Crippen LogP contribution in [0.5, 0.6) is 0 Å². The lowest BCUT2D eigenvalue weighted by atomic mass is 9.96. The van der Waals surface area contributed by atoms with Gasteiger partial charge in [-0.15, -0.1) is 0 Å². The predicted molar refractivity (Wildman–Crippen MR) is 118 cm³/mol. The van der Waals surface area contributed by atoms with Crippen molar-refractivity contribution >= 4 is 11.8 Å². The Morgan fingerprint density at radius 1 is 1.06 bits per heavy atom. The molecule has 2 aliphatic rings. The average Bonchev–Trinajstić information content (AvgIpc) is 3.30. The summed E-state index contributed by atoms with van der Waals surface area (Å²) in [6.07, 6.45) is 3.71. The number of likely N-dealkylation sites (tertiary alicyclic amines) is 1. The number of carbonyl (C=O) groups is 2. The highest BCUT2D eigenvalue weighted by Gasteiger charge is 2.34. The zero-order chi connectivity index (χ0) is 23.9. The van der Waals surface area contributed by atoms with Gasteiger partial charge in [-0.1, -0.05) is 6.07 Å². The van der Waals surface area contributed by atoms with Gasteiger partial charge in [-0.3, -0.25) is 9.59 Å². The van der Waals surface area contributed by atoms with Crippen LogP contribution < -0.4 is 5.32 Å². The summed E-state index contributed by atoms with van der Waals surface area (Å²) in [5.41, 5.74) is -0.345. The lowest BCUT2D eigenvalue weighted by Crippen LogP contribution is -2.46. The van der Waals surface area contributed by atoms with Gasteiger partial charge < -0.3 is 14.8 Å². The lowest BCUT2D eigenvalue weighted by Gasteiger charge is -2.32. The smallest absolute Gasteiger partial charge is 0.353 e. The van der Waals surface area contributed by atoms with Crippen molar-refractivity contribution in [3.63, 3.8) is 0 Å². The number of nitrogens with one attached hydrogen (secondary N) is 1. The van der Waals surface area contributed by atoms with E-state index < -0.39 is 11.7 Å². The van der Waals surface area contributed by atoms with Crippen molar-refractivity contribution in [3.05, 3.63) is 66.1 Å². The standard InChI is InChI=1S/C24H24F3N5O2/c25-24(26,27)17-6-3-7-19(13-17)32-22(30-10-1-2-11-30)20(14-28-32)23(34)31-12-4-5-16(15-31)21(33)29-18-8-9-18/h1-3,6-7,10-11,13-14,16,18H,4-5,8-9,12,15H2,(H,29,33). The Morgan fingerprint density at radius 3 is 2.53 bits per heavy atom. The van der Waals surface area contributed by atoms with Gasteiger partial charge in [-0.2, -0.15) is 18.3 Å². The van der Waals surface area contributed by atoms with Crippen molar-refractivity contribution in [2.45, 2.75) is 37.9 Å². The first kappa shape index (κ1) is 22.2. The first-order valence-corrected chi connectivity index (χ1v) is 11.3. The molecule has 1 unspecified atom stereocenters. The second-order valence-electron chi connectivity index (χ2n) is 8.81. The van der Waals surface area contributed by atoms with E-state index in [-0.39, 0.29) is 35.0 Å². The summed E-state index contributed by atoms with van der Waals surface area (Å²) in [5, 5.41) is 7.30. The Morgan fingerprint density at radius 2 is 1.82 bits per heavy atom. The van der Waals surface area contributed by atoms with Crippen molar-refractivity contribution in [3.8, 4) is 11.5 Å². The van der Waals surface area contributed by atoms with E-state index in [0.29, 0.717) is 25.3 Å². The number of hydrogen-bond acceptors (Lipinski definition) is 3. The van der Waals surface area contributed by atoms with Gasteiger partial charge in [0.1, 0.15) is 5.56 Å². The minimum atomic E-state index is -4.50. The molecule has 5 rings (SSSR count). The molecule has 0 spiro atoms. The molecule has 0 radical (unpaired) electrons. The Labute approximate surface area is 194 Å². The third kappa shape index (κ3) is 4.44. The van der Waals surface area contributed by atoms with Gasteiger partial charge in [0.05, 0.1) is 23.4 Å². The molecule has 0 bridgehead atoms.